The maximum Gasteiger partial charge on any atom is 0.338 e. The van der Waals surface area contributed by atoms with Gasteiger partial charge in [0.25, 0.3) is 14.1 Å². The number of benzene rings is 1. The van der Waals surface area contributed by atoms with Gasteiger partial charge in [-0.3, -0.25) is 14.3 Å². The monoisotopic (exact) mass is 562 g/mol. The third-order valence-electron chi connectivity index (χ3n) is 5.93. The summed E-state index contributed by atoms with van der Waals surface area (Å²) in [6, 6.07) is 9.96. The molecular weight excluding hydrogens is 527 g/mol. The van der Waals surface area contributed by atoms with E-state index in [0.29, 0.717) is 11.3 Å². The van der Waals surface area contributed by atoms with E-state index in [1.54, 1.807) is 24.3 Å². The number of nitriles is 1. The first-order valence-electron chi connectivity index (χ1n) is 12.7. The Hall–Kier alpha value is -3.07. The maximum atomic E-state index is 12.7. The molecule has 0 bridgehead atoms. The van der Waals surface area contributed by atoms with Crippen molar-refractivity contribution in [1.82, 2.24) is 14.2 Å². The van der Waals surface area contributed by atoms with Crippen LogP contribution < -0.4 is 16.0 Å². The van der Waals surface area contributed by atoms with E-state index < -0.39 is 44.2 Å². The van der Waals surface area contributed by atoms with Crippen molar-refractivity contribution < 1.29 is 28.1 Å². The molecule has 212 valence electrons. The second-order valence-electron chi connectivity index (χ2n) is 9.40. The van der Waals surface area contributed by atoms with Crippen molar-refractivity contribution in [2.75, 3.05) is 20.3 Å². The van der Waals surface area contributed by atoms with Gasteiger partial charge in [-0.1, -0.05) is 0 Å². The van der Waals surface area contributed by atoms with E-state index in [1.165, 1.54) is 23.9 Å². The van der Waals surface area contributed by atoms with Gasteiger partial charge in [0.05, 0.1) is 37.9 Å². The number of aromatic nitrogens is 2. The van der Waals surface area contributed by atoms with E-state index in [-0.39, 0.29) is 38.1 Å². The Morgan fingerprint density at radius 2 is 1.90 bits per heavy atom. The van der Waals surface area contributed by atoms with Crippen molar-refractivity contribution in [1.29, 1.82) is 5.26 Å². The molecule has 39 heavy (non-hydrogen) atoms. The van der Waals surface area contributed by atoms with Crippen LogP contribution in [-0.2, 0) is 18.5 Å². The number of aromatic amines is 1. The molecule has 3 rings (SSSR count). The lowest BCUT2D eigenvalue weighted by atomic mass is 10.2. The van der Waals surface area contributed by atoms with Gasteiger partial charge in [0, 0.05) is 30.8 Å². The van der Waals surface area contributed by atoms with Gasteiger partial charge in [-0.15, -0.1) is 0 Å². The second-order valence-corrected chi connectivity index (χ2v) is 10.8. The normalized spacial score (nSPS) is 19.8. The number of hydrogen-bond acceptors (Lipinski definition) is 10. The fraction of sp³-hybridized carbons (Fsp3) is 0.538. The lowest BCUT2D eigenvalue weighted by Crippen LogP contribution is -2.36. The summed E-state index contributed by atoms with van der Waals surface area (Å²) in [5.74, 6) is 0.0566. The largest absolute Gasteiger partial charge is 0.497 e. The SMILES string of the molecule is COc1ccc(C(=O)OC[C@H]2O[C@@H](n3ccc(=O)[nH]c3=O)C[C@H]2OP(OCCC#N)N(C(C)C)C(C)C)cc1. The molecule has 2 aromatic rings. The number of carbonyl (C=O) groups excluding carboxylic acids is 1. The molecule has 2 heterocycles. The second kappa shape index (κ2) is 14.4. The van der Waals surface area contributed by atoms with Gasteiger partial charge in [0.1, 0.15) is 24.7 Å². The van der Waals surface area contributed by atoms with Gasteiger partial charge >= 0.3 is 11.7 Å². The summed E-state index contributed by atoms with van der Waals surface area (Å²) < 4.78 is 32.7. The molecule has 1 unspecified atom stereocenters. The number of nitrogens with zero attached hydrogens (tertiary/aromatic N) is 3. The molecule has 1 saturated heterocycles. The number of rotatable bonds is 13. The highest BCUT2D eigenvalue weighted by Crippen LogP contribution is 2.49. The minimum Gasteiger partial charge on any atom is -0.497 e. The molecule has 0 saturated carbocycles. The van der Waals surface area contributed by atoms with Crippen LogP contribution in [0.5, 0.6) is 5.75 Å². The molecule has 0 radical (unpaired) electrons. The van der Waals surface area contributed by atoms with Gasteiger partial charge in [-0.2, -0.15) is 5.26 Å². The van der Waals surface area contributed by atoms with E-state index in [4.69, 9.17) is 28.5 Å². The maximum absolute atomic E-state index is 12.7. The highest BCUT2D eigenvalue weighted by atomic mass is 31.2. The topological polar surface area (TPSA) is 145 Å². The van der Waals surface area contributed by atoms with Gasteiger partial charge < -0.3 is 23.3 Å². The molecule has 1 aromatic carbocycles. The fourth-order valence-corrected chi connectivity index (χ4v) is 5.92. The van der Waals surface area contributed by atoms with Crippen molar-refractivity contribution in [3.63, 3.8) is 0 Å². The molecule has 0 aliphatic carbocycles. The van der Waals surface area contributed by atoms with Crippen molar-refractivity contribution in [3.8, 4) is 11.8 Å². The van der Waals surface area contributed by atoms with E-state index >= 15 is 0 Å². The zero-order chi connectivity index (χ0) is 28.5. The first-order chi connectivity index (χ1) is 18.6. The summed E-state index contributed by atoms with van der Waals surface area (Å²) in [5, 5.41) is 9.00. The molecule has 13 heteroatoms. The lowest BCUT2D eigenvalue weighted by Gasteiger charge is -2.37. The van der Waals surface area contributed by atoms with Crippen LogP contribution >= 0.6 is 8.53 Å². The van der Waals surface area contributed by atoms with E-state index in [0.717, 1.165) is 0 Å². The number of nitrogens with one attached hydrogen (secondary N) is 1. The van der Waals surface area contributed by atoms with E-state index in [2.05, 4.69) is 15.7 Å². The van der Waals surface area contributed by atoms with Gasteiger partial charge in [-0.25, -0.2) is 14.3 Å². The fourth-order valence-electron chi connectivity index (χ4n) is 4.16. The average Bonchev–Trinajstić information content (AvgIpc) is 3.29. The average molecular weight is 563 g/mol. The van der Waals surface area contributed by atoms with Gasteiger partial charge in [0.15, 0.2) is 0 Å². The Labute approximate surface area is 228 Å². The first kappa shape index (κ1) is 30.5. The van der Waals surface area contributed by atoms with Crippen LogP contribution in [0.2, 0.25) is 0 Å². The Morgan fingerprint density at radius 1 is 1.21 bits per heavy atom. The smallest absolute Gasteiger partial charge is 0.338 e. The standard InChI is InChI=1S/C26H35N4O8P/c1-17(2)30(18(3)4)39(36-14-6-12-27)38-21-15-24(29-13-11-23(31)28-26(29)33)37-22(21)16-35-25(32)19-7-9-20(34-5)10-8-19/h7-11,13,17-18,21-22,24H,6,14-16H2,1-5H3,(H,28,31,33)/t21-,22-,24-,39?/m1/s1. The number of ether oxygens (including phenoxy) is 3. The Balaban J connectivity index is 1.83. The van der Waals surface area contributed by atoms with Gasteiger partial charge in [0.2, 0.25) is 0 Å². The molecular formula is C26H35N4O8P. The molecule has 0 spiro atoms. The number of hydrogen-bond donors (Lipinski definition) is 1. The number of methoxy groups -OCH3 is 1. The zero-order valence-corrected chi connectivity index (χ0v) is 23.6. The number of H-pyrrole nitrogens is 1. The van der Waals surface area contributed by atoms with E-state index in [9.17, 15) is 14.4 Å². The third-order valence-corrected chi connectivity index (χ3v) is 8.09. The molecule has 1 aromatic heterocycles. The first-order valence-corrected chi connectivity index (χ1v) is 13.8. The summed E-state index contributed by atoms with van der Waals surface area (Å²) >= 11 is 0. The Morgan fingerprint density at radius 3 is 2.49 bits per heavy atom. The molecule has 1 N–H and O–H groups in total. The predicted molar refractivity (Wildman–Crippen MR) is 143 cm³/mol. The predicted octanol–water partition coefficient (Wildman–Crippen LogP) is 3.35. The van der Waals surface area contributed by atoms with Crippen LogP contribution in [0.1, 0.15) is 57.1 Å². The summed E-state index contributed by atoms with van der Waals surface area (Å²) in [5.41, 5.74) is -0.806. The molecule has 0 amide bonds. The number of esters is 1. The van der Waals surface area contributed by atoms with Crippen LogP contribution in [0.4, 0.5) is 0 Å². The van der Waals surface area contributed by atoms with Crippen LogP contribution in [0.3, 0.4) is 0 Å². The molecule has 1 aliphatic heterocycles. The third kappa shape index (κ3) is 8.21. The summed E-state index contributed by atoms with van der Waals surface area (Å²) in [6.07, 6.45) is -0.332. The number of carbonyl (C=O) groups is 1. The van der Waals surface area contributed by atoms with Crippen molar-refractivity contribution >= 4 is 14.5 Å². The summed E-state index contributed by atoms with van der Waals surface area (Å²) in [7, 11) is -0.0906. The van der Waals surface area contributed by atoms with Crippen LogP contribution in [0, 0.1) is 11.3 Å². The molecule has 1 aliphatic rings. The van der Waals surface area contributed by atoms with E-state index in [1.807, 2.05) is 27.7 Å². The van der Waals surface area contributed by atoms with Gasteiger partial charge in [-0.05, 0) is 52.0 Å². The van der Waals surface area contributed by atoms with Crippen molar-refractivity contribution in [2.45, 2.75) is 71.1 Å². The zero-order valence-electron chi connectivity index (χ0n) is 22.7. The summed E-state index contributed by atoms with van der Waals surface area (Å²) in [4.78, 5) is 39.0. The van der Waals surface area contributed by atoms with Crippen LogP contribution in [0.25, 0.3) is 0 Å². The van der Waals surface area contributed by atoms with Crippen LogP contribution in [0.15, 0.2) is 46.1 Å². The quantitative estimate of drug-likeness (QED) is 0.219. The molecule has 12 nitrogen and oxygen atoms in total. The highest BCUT2D eigenvalue weighted by Gasteiger charge is 2.42. The Kier molecular flexibility index (Phi) is 11.2. The molecule has 4 atom stereocenters. The Bertz CT molecular complexity index is 1230. The minimum absolute atomic E-state index is 0.0736. The lowest BCUT2D eigenvalue weighted by molar-refractivity contribution is -0.0513. The molecule has 1 fully saturated rings. The minimum atomic E-state index is -1.63. The van der Waals surface area contributed by atoms with Crippen molar-refractivity contribution in [3.05, 3.63) is 62.9 Å². The van der Waals surface area contributed by atoms with Crippen LogP contribution in [-0.4, -0.2) is 64.8 Å². The highest BCUT2D eigenvalue weighted by molar-refractivity contribution is 7.44. The van der Waals surface area contributed by atoms with Crippen molar-refractivity contribution in [2.24, 2.45) is 0 Å². The summed E-state index contributed by atoms with van der Waals surface area (Å²) in [6.45, 7) is 8.13.